The lowest BCUT2D eigenvalue weighted by Crippen LogP contribution is -2.22. The number of rotatable bonds is 0. The molecule has 0 bridgehead atoms. The number of hydrogen-bond acceptors (Lipinski definition) is 14. The fraction of sp³-hybridized carbons (Fsp3) is 0.444. The third-order valence-electron chi connectivity index (χ3n) is 8.42. The standard InChI is InChI=1S/2C9H13N5O.2C9H12N4O/c2*1-9(2,3)14-4-11-5-6(14)12-8(10)13-7(5)15;2*1-9(2,3)13-5-12-6-7(13)10-4-11-8(6)14/h2*4H,1-3H3,(H3,10,12,13,15);2*4-5H,1-3H3,(H,10,11,14). The van der Waals surface area contributed by atoms with Crippen molar-refractivity contribution in [2.45, 2.75) is 105 Å². The summed E-state index contributed by atoms with van der Waals surface area (Å²) in [5, 5.41) is 0. The molecule has 0 saturated heterocycles. The van der Waals surface area contributed by atoms with Gasteiger partial charge in [0.1, 0.15) is 0 Å². The summed E-state index contributed by atoms with van der Waals surface area (Å²) in [7, 11) is 0. The van der Waals surface area contributed by atoms with E-state index in [-0.39, 0.29) is 56.3 Å². The highest BCUT2D eigenvalue weighted by molar-refractivity contribution is 5.72. The molecule has 22 heteroatoms. The number of anilines is 2. The molecule has 0 atom stereocenters. The van der Waals surface area contributed by atoms with Crippen molar-refractivity contribution >= 4 is 56.6 Å². The zero-order valence-corrected chi connectivity index (χ0v) is 34.6. The molecule has 0 unspecified atom stereocenters. The maximum atomic E-state index is 11.5. The third-order valence-corrected chi connectivity index (χ3v) is 8.42. The van der Waals surface area contributed by atoms with Crippen LogP contribution in [0, 0.1) is 0 Å². The molecule has 0 radical (unpaired) electrons. The van der Waals surface area contributed by atoms with Gasteiger partial charge in [0.25, 0.3) is 22.2 Å². The topological polar surface area (TPSA) is 306 Å². The molecule has 0 aliphatic heterocycles. The fourth-order valence-electron chi connectivity index (χ4n) is 5.51. The van der Waals surface area contributed by atoms with Gasteiger partial charge in [-0.1, -0.05) is 0 Å². The van der Waals surface area contributed by atoms with E-state index in [9.17, 15) is 19.2 Å². The molecule has 22 nitrogen and oxygen atoms in total. The van der Waals surface area contributed by atoms with Crippen LogP contribution in [0.15, 0.2) is 57.1 Å². The Balaban J connectivity index is 0.000000147. The number of aromatic nitrogens is 16. The maximum Gasteiger partial charge on any atom is 0.280 e. The van der Waals surface area contributed by atoms with Crippen molar-refractivity contribution < 1.29 is 0 Å². The summed E-state index contributed by atoms with van der Waals surface area (Å²) in [4.78, 5) is 88.0. The number of nitrogens with zero attached hydrogens (tertiary/aromatic N) is 12. The van der Waals surface area contributed by atoms with Crippen molar-refractivity contribution in [1.29, 1.82) is 0 Å². The van der Waals surface area contributed by atoms with Crippen LogP contribution >= 0.6 is 0 Å². The Kier molecular flexibility index (Phi) is 11.0. The van der Waals surface area contributed by atoms with E-state index in [4.69, 9.17) is 11.5 Å². The first-order chi connectivity index (χ1) is 26.8. The van der Waals surface area contributed by atoms with Gasteiger partial charge in [0.15, 0.2) is 44.7 Å². The Bertz CT molecular complexity index is 2760. The fourth-order valence-corrected chi connectivity index (χ4v) is 5.51. The summed E-state index contributed by atoms with van der Waals surface area (Å²) >= 11 is 0. The summed E-state index contributed by atoms with van der Waals surface area (Å²) in [6, 6.07) is 0. The number of nitrogens with one attached hydrogen (secondary N) is 4. The van der Waals surface area contributed by atoms with E-state index in [2.05, 4.69) is 59.8 Å². The van der Waals surface area contributed by atoms with E-state index in [1.807, 2.05) is 101 Å². The summed E-state index contributed by atoms with van der Waals surface area (Å²) < 4.78 is 7.43. The minimum absolute atomic E-state index is 0.110. The first-order valence-electron chi connectivity index (χ1n) is 18.1. The molecule has 8 heterocycles. The van der Waals surface area contributed by atoms with Crippen LogP contribution in [-0.2, 0) is 22.2 Å². The van der Waals surface area contributed by atoms with E-state index < -0.39 is 0 Å². The molecule has 8 aromatic rings. The lowest BCUT2D eigenvalue weighted by atomic mass is 10.1. The van der Waals surface area contributed by atoms with Crippen LogP contribution in [0.4, 0.5) is 11.9 Å². The van der Waals surface area contributed by atoms with Gasteiger partial charge in [-0.15, -0.1) is 0 Å². The molecule has 0 amide bonds. The van der Waals surface area contributed by atoms with Crippen LogP contribution in [-0.4, -0.2) is 78.1 Å². The molecule has 0 saturated carbocycles. The van der Waals surface area contributed by atoms with Crippen molar-refractivity contribution in [3.63, 3.8) is 0 Å². The highest BCUT2D eigenvalue weighted by Gasteiger charge is 2.21. The van der Waals surface area contributed by atoms with E-state index >= 15 is 0 Å². The van der Waals surface area contributed by atoms with Gasteiger partial charge in [-0.25, -0.2) is 29.9 Å². The molecule has 58 heavy (non-hydrogen) atoms. The second-order valence-electron chi connectivity index (χ2n) is 17.2. The van der Waals surface area contributed by atoms with Gasteiger partial charge in [-0.3, -0.25) is 29.1 Å². The first-order valence-corrected chi connectivity index (χ1v) is 18.1. The Hall–Kier alpha value is -7.00. The average Bonchev–Trinajstić information content (AvgIpc) is 3.89. The van der Waals surface area contributed by atoms with E-state index in [1.54, 1.807) is 25.3 Å². The van der Waals surface area contributed by atoms with Crippen molar-refractivity contribution in [1.82, 2.24) is 78.1 Å². The molecular weight excluding hydrogens is 749 g/mol. The predicted molar refractivity (Wildman–Crippen MR) is 221 cm³/mol. The highest BCUT2D eigenvalue weighted by Crippen LogP contribution is 2.21. The number of nitrogens with two attached hydrogens (primary N) is 2. The molecule has 8 aromatic heterocycles. The van der Waals surface area contributed by atoms with Crippen LogP contribution < -0.4 is 33.7 Å². The predicted octanol–water partition coefficient (Wildman–Crippen LogP) is 2.66. The van der Waals surface area contributed by atoms with Gasteiger partial charge >= 0.3 is 0 Å². The number of H-pyrrole nitrogens is 4. The normalized spacial score (nSPS) is 12.2. The lowest BCUT2D eigenvalue weighted by Gasteiger charge is -2.20. The van der Waals surface area contributed by atoms with E-state index in [0.29, 0.717) is 44.7 Å². The summed E-state index contributed by atoms with van der Waals surface area (Å²) in [6.45, 7) is 24.3. The number of nitrogen functional groups attached to an aromatic ring is 2. The third kappa shape index (κ3) is 8.84. The lowest BCUT2D eigenvalue weighted by molar-refractivity contribution is 0.405. The second kappa shape index (κ2) is 15.2. The van der Waals surface area contributed by atoms with Crippen LogP contribution in [0.2, 0.25) is 0 Å². The van der Waals surface area contributed by atoms with Gasteiger partial charge in [0.2, 0.25) is 11.9 Å². The van der Waals surface area contributed by atoms with Crippen LogP contribution in [0.5, 0.6) is 0 Å². The van der Waals surface area contributed by atoms with Gasteiger partial charge in [0.05, 0.1) is 38.0 Å². The molecule has 8 rings (SSSR count). The molecule has 0 aliphatic carbocycles. The molecule has 0 spiro atoms. The van der Waals surface area contributed by atoms with Crippen LogP contribution in [0.1, 0.15) is 83.1 Å². The van der Waals surface area contributed by atoms with Crippen molar-refractivity contribution in [2.75, 3.05) is 11.5 Å². The molecular formula is C36H50N18O4. The van der Waals surface area contributed by atoms with Crippen LogP contribution in [0.25, 0.3) is 44.7 Å². The highest BCUT2D eigenvalue weighted by atomic mass is 16.1. The number of fused-ring (bicyclic) bond motifs is 4. The van der Waals surface area contributed by atoms with Crippen molar-refractivity contribution in [2.24, 2.45) is 0 Å². The smallest absolute Gasteiger partial charge is 0.280 e. The Morgan fingerprint density at radius 2 is 0.672 bits per heavy atom. The van der Waals surface area contributed by atoms with Gasteiger partial charge in [-0.05, 0) is 83.1 Å². The summed E-state index contributed by atoms with van der Waals surface area (Å²) in [6.07, 6.45) is 9.29. The molecule has 0 aromatic carbocycles. The maximum absolute atomic E-state index is 11.5. The zero-order chi connectivity index (χ0) is 43.1. The molecule has 308 valence electrons. The van der Waals surface area contributed by atoms with E-state index in [0.717, 1.165) is 0 Å². The van der Waals surface area contributed by atoms with E-state index in [1.165, 1.54) is 12.7 Å². The Labute approximate surface area is 330 Å². The minimum atomic E-state index is -0.305. The number of aromatic amines is 4. The van der Waals surface area contributed by atoms with Crippen LogP contribution in [0.3, 0.4) is 0 Å². The quantitative estimate of drug-likeness (QED) is 0.129. The van der Waals surface area contributed by atoms with Gasteiger partial charge < -0.3 is 39.7 Å². The number of hydrogen-bond donors (Lipinski definition) is 6. The Morgan fingerprint density at radius 1 is 0.414 bits per heavy atom. The molecule has 8 N–H and O–H groups in total. The first kappa shape index (κ1) is 42.1. The number of imidazole rings is 4. The zero-order valence-electron chi connectivity index (χ0n) is 34.6. The van der Waals surface area contributed by atoms with Crippen molar-refractivity contribution in [3.05, 3.63) is 79.4 Å². The second-order valence-corrected chi connectivity index (χ2v) is 17.2. The largest absolute Gasteiger partial charge is 0.369 e. The minimum Gasteiger partial charge on any atom is -0.369 e. The van der Waals surface area contributed by atoms with Gasteiger partial charge in [-0.2, -0.15) is 9.97 Å². The van der Waals surface area contributed by atoms with Gasteiger partial charge in [0, 0.05) is 22.2 Å². The Morgan fingerprint density at radius 3 is 0.948 bits per heavy atom. The average molecular weight is 799 g/mol. The monoisotopic (exact) mass is 798 g/mol. The molecule has 0 aliphatic rings. The SMILES string of the molecule is CC(C)(C)n1cnc2c(=O)[nH]c(N)nc21.CC(C)(C)n1cnc2c(=O)[nH]c(N)nc21.CC(C)(C)n1cnc2c(=O)[nH]cnc21.CC(C)(C)n1cnc2c(=O)[nH]cnc21. The summed E-state index contributed by atoms with van der Waals surface area (Å²) in [5.74, 6) is 0.219. The molecule has 0 fully saturated rings. The van der Waals surface area contributed by atoms with Crippen molar-refractivity contribution in [3.8, 4) is 0 Å². The summed E-state index contributed by atoms with van der Waals surface area (Å²) in [5.41, 5.74) is 13.1.